The fraction of sp³-hybridized carbons (Fsp3) is 0.400. The van der Waals surface area contributed by atoms with E-state index in [4.69, 9.17) is 10.8 Å². The lowest BCUT2D eigenvalue weighted by atomic mass is 10.1. The second-order valence-corrected chi connectivity index (χ2v) is 3.62. The third-order valence-electron chi connectivity index (χ3n) is 2.52. The standard InChI is InChI=1S/C10H15N5O2/c11-9-1-2-13-10-7(5-14-15(9)10)8(6-17)12-3-4-16/h1-2,5,8,12,16-17H,3-4,6,11H2. The van der Waals surface area contributed by atoms with Crippen LogP contribution in [0.25, 0.3) is 5.65 Å². The van der Waals surface area contributed by atoms with Crippen molar-refractivity contribution in [2.45, 2.75) is 6.04 Å². The van der Waals surface area contributed by atoms with Crippen LogP contribution in [0.3, 0.4) is 0 Å². The molecule has 0 radical (unpaired) electrons. The predicted octanol–water partition coefficient (Wildman–Crippen LogP) is -1.07. The van der Waals surface area contributed by atoms with Gasteiger partial charge in [-0.25, -0.2) is 4.98 Å². The van der Waals surface area contributed by atoms with Crippen LogP contribution in [-0.4, -0.2) is 44.6 Å². The predicted molar refractivity (Wildman–Crippen MR) is 62.3 cm³/mol. The molecule has 1 unspecified atom stereocenters. The molecule has 0 saturated heterocycles. The number of aromatic nitrogens is 3. The molecule has 92 valence electrons. The molecule has 2 rings (SSSR count). The van der Waals surface area contributed by atoms with Crippen molar-refractivity contribution in [3.63, 3.8) is 0 Å². The first-order valence-electron chi connectivity index (χ1n) is 5.31. The van der Waals surface area contributed by atoms with Gasteiger partial charge in [0.05, 0.1) is 25.5 Å². The van der Waals surface area contributed by atoms with Crippen LogP contribution in [0.1, 0.15) is 11.6 Å². The third kappa shape index (κ3) is 2.21. The second kappa shape index (κ2) is 5.09. The van der Waals surface area contributed by atoms with E-state index in [0.717, 1.165) is 5.56 Å². The van der Waals surface area contributed by atoms with E-state index in [2.05, 4.69) is 15.4 Å². The van der Waals surface area contributed by atoms with Crippen molar-refractivity contribution in [1.82, 2.24) is 19.9 Å². The van der Waals surface area contributed by atoms with Crippen molar-refractivity contribution in [2.75, 3.05) is 25.5 Å². The molecule has 7 nitrogen and oxygen atoms in total. The summed E-state index contributed by atoms with van der Waals surface area (Å²) in [6.07, 6.45) is 3.21. The van der Waals surface area contributed by atoms with Crippen molar-refractivity contribution in [3.05, 3.63) is 24.0 Å². The van der Waals surface area contributed by atoms with Gasteiger partial charge in [-0.05, 0) is 6.07 Å². The number of nitrogens with two attached hydrogens (primary N) is 1. The molecular weight excluding hydrogens is 222 g/mol. The van der Waals surface area contributed by atoms with Gasteiger partial charge in [0.25, 0.3) is 0 Å². The average molecular weight is 237 g/mol. The molecule has 7 heteroatoms. The largest absolute Gasteiger partial charge is 0.395 e. The van der Waals surface area contributed by atoms with Gasteiger partial charge >= 0.3 is 0 Å². The molecule has 0 aliphatic carbocycles. The monoisotopic (exact) mass is 237 g/mol. The van der Waals surface area contributed by atoms with Crippen molar-refractivity contribution < 1.29 is 10.2 Å². The van der Waals surface area contributed by atoms with Gasteiger partial charge in [-0.15, -0.1) is 0 Å². The molecule has 0 aliphatic heterocycles. The molecule has 17 heavy (non-hydrogen) atoms. The van der Waals surface area contributed by atoms with Crippen LogP contribution in [0.4, 0.5) is 5.82 Å². The molecule has 1 atom stereocenters. The lowest BCUT2D eigenvalue weighted by molar-refractivity contribution is 0.228. The molecule has 0 saturated carbocycles. The number of nitrogen functional groups attached to an aromatic ring is 1. The normalized spacial score (nSPS) is 13.1. The van der Waals surface area contributed by atoms with Crippen molar-refractivity contribution in [2.24, 2.45) is 0 Å². The highest BCUT2D eigenvalue weighted by Gasteiger charge is 2.16. The van der Waals surface area contributed by atoms with Gasteiger partial charge in [0.1, 0.15) is 5.82 Å². The van der Waals surface area contributed by atoms with Crippen LogP contribution in [0.5, 0.6) is 0 Å². The summed E-state index contributed by atoms with van der Waals surface area (Å²) in [4.78, 5) is 4.19. The molecule has 2 heterocycles. The molecular formula is C10H15N5O2. The maximum Gasteiger partial charge on any atom is 0.162 e. The Balaban J connectivity index is 2.37. The van der Waals surface area contributed by atoms with Crippen LogP contribution < -0.4 is 11.1 Å². The van der Waals surface area contributed by atoms with Crippen molar-refractivity contribution >= 4 is 11.5 Å². The van der Waals surface area contributed by atoms with Crippen LogP contribution in [0.15, 0.2) is 18.5 Å². The first-order valence-corrected chi connectivity index (χ1v) is 5.31. The summed E-state index contributed by atoms with van der Waals surface area (Å²) >= 11 is 0. The Morgan fingerprint density at radius 1 is 1.47 bits per heavy atom. The number of fused-ring (bicyclic) bond motifs is 1. The van der Waals surface area contributed by atoms with Gasteiger partial charge in [0.15, 0.2) is 5.65 Å². The highest BCUT2D eigenvalue weighted by molar-refractivity contribution is 5.52. The zero-order valence-corrected chi connectivity index (χ0v) is 9.24. The maximum atomic E-state index is 9.31. The van der Waals surface area contributed by atoms with Gasteiger partial charge in [-0.2, -0.15) is 9.61 Å². The summed E-state index contributed by atoms with van der Waals surface area (Å²) in [6, 6.07) is 1.34. The Hall–Kier alpha value is -1.70. The van der Waals surface area contributed by atoms with Gasteiger partial charge in [0, 0.05) is 18.3 Å². The minimum Gasteiger partial charge on any atom is -0.395 e. The summed E-state index contributed by atoms with van der Waals surface area (Å²) in [7, 11) is 0. The smallest absolute Gasteiger partial charge is 0.162 e. The Bertz CT molecular complexity index is 498. The number of aliphatic hydroxyl groups is 2. The van der Waals surface area contributed by atoms with E-state index >= 15 is 0 Å². The minimum atomic E-state index is -0.311. The minimum absolute atomic E-state index is 0.00524. The number of rotatable bonds is 5. The Morgan fingerprint density at radius 3 is 3.00 bits per heavy atom. The first-order chi connectivity index (χ1) is 8.27. The zero-order valence-electron chi connectivity index (χ0n) is 9.24. The SMILES string of the molecule is Nc1ccnc2c(C(CO)NCCO)cnn12. The van der Waals surface area contributed by atoms with E-state index in [1.807, 2.05) is 0 Å². The molecule has 0 spiro atoms. The van der Waals surface area contributed by atoms with E-state index in [0.29, 0.717) is 18.0 Å². The number of anilines is 1. The van der Waals surface area contributed by atoms with Crippen molar-refractivity contribution in [1.29, 1.82) is 0 Å². The van der Waals surface area contributed by atoms with Crippen LogP contribution in [0.2, 0.25) is 0 Å². The number of aliphatic hydroxyl groups excluding tert-OH is 2. The second-order valence-electron chi connectivity index (χ2n) is 3.62. The van der Waals surface area contributed by atoms with Crippen LogP contribution >= 0.6 is 0 Å². The van der Waals surface area contributed by atoms with E-state index < -0.39 is 0 Å². The fourth-order valence-corrected chi connectivity index (χ4v) is 1.69. The van der Waals surface area contributed by atoms with E-state index in [1.165, 1.54) is 4.52 Å². The molecule has 0 bridgehead atoms. The average Bonchev–Trinajstić information content (AvgIpc) is 2.76. The van der Waals surface area contributed by atoms with Crippen molar-refractivity contribution in [3.8, 4) is 0 Å². The fourth-order valence-electron chi connectivity index (χ4n) is 1.69. The quantitative estimate of drug-likeness (QED) is 0.527. The number of nitrogens with zero attached hydrogens (tertiary/aromatic N) is 3. The summed E-state index contributed by atoms with van der Waals surface area (Å²) in [5, 5.41) is 25.2. The highest BCUT2D eigenvalue weighted by atomic mass is 16.3. The Kier molecular flexibility index (Phi) is 3.52. The lowest BCUT2D eigenvalue weighted by Gasteiger charge is -2.13. The first kappa shape index (κ1) is 11.8. The molecule has 2 aromatic heterocycles. The summed E-state index contributed by atoms with van der Waals surface area (Å²) in [5.41, 5.74) is 7.11. The third-order valence-corrected chi connectivity index (χ3v) is 2.52. The van der Waals surface area contributed by atoms with Gasteiger partial charge in [-0.1, -0.05) is 0 Å². The Morgan fingerprint density at radius 2 is 2.29 bits per heavy atom. The number of nitrogens with one attached hydrogen (secondary N) is 1. The molecule has 2 aromatic rings. The van der Waals surface area contributed by atoms with Gasteiger partial charge in [0.2, 0.25) is 0 Å². The summed E-state index contributed by atoms with van der Waals surface area (Å²) < 4.78 is 1.51. The Labute approximate surface area is 97.9 Å². The molecule has 5 N–H and O–H groups in total. The molecule has 0 amide bonds. The van der Waals surface area contributed by atoms with E-state index in [-0.39, 0.29) is 19.3 Å². The van der Waals surface area contributed by atoms with Crippen LogP contribution in [0, 0.1) is 0 Å². The topological polar surface area (TPSA) is 109 Å². The van der Waals surface area contributed by atoms with Gasteiger partial charge in [-0.3, -0.25) is 0 Å². The number of hydrogen-bond donors (Lipinski definition) is 4. The van der Waals surface area contributed by atoms with E-state index in [9.17, 15) is 5.11 Å². The molecule has 0 fully saturated rings. The van der Waals surface area contributed by atoms with Crippen LogP contribution in [-0.2, 0) is 0 Å². The maximum absolute atomic E-state index is 9.31. The summed E-state index contributed by atoms with van der Waals surface area (Å²) in [6.45, 7) is 0.300. The summed E-state index contributed by atoms with van der Waals surface area (Å²) in [5.74, 6) is 0.486. The lowest BCUT2D eigenvalue weighted by Crippen LogP contribution is -2.27. The number of hydrogen-bond acceptors (Lipinski definition) is 6. The highest BCUT2D eigenvalue weighted by Crippen LogP contribution is 2.18. The molecule has 0 aromatic carbocycles. The van der Waals surface area contributed by atoms with Gasteiger partial charge < -0.3 is 21.3 Å². The zero-order chi connectivity index (χ0) is 12.3. The molecule has 0 aliphatic rings. The van der Waals surface area contributed by atoms with E-state index in [1.54, 1.807) is 18.5 Å².